The summed E-state index contributed by atoms with van der Waals surface area (Å²) in [6, 6.07) is 7.49. The summed E-state index contributed by atoms with van der Waals surface area (Å²) in [5, 5.41) is 14.1. The van der Waals surface area contributed by atoms with E-state index in [1.165, 1.54) is 31.7 Å². The molecular weight excluding hydrogens is 254 g/mol. The summed E-state index contributed by atoms with van der Waals surface area (Å²) in [5.74, 6) is 0.527. The van der Waals surface area contributed by atoms with Gasteiger partial charge in [-0.25, -0.2) is 0 Å². The normalized spacial score (nSPS) is 15.6. The molecule has 0 radical (unpaired) electrons. The second-order valence-corrected chi connectivity index (χ2v) is 5.20. The van der Waals surface area contributed by atoms with Gasteiger partial charge in [0.05, 0.1) is 11.7 Å². The Morgan fingerprint density at radius 2 is 2.10 bits per heavy atom. The van der Waals surface area contributed by atoms with Crippen molar-refractivity contribution >= 4 is 5.69 Å². The number of phenolic OH excluding ortho intramolecular Hbond substituents is 1. The molecule has 20 heavy (non-hydrogen) atoms. The zero-order valence-corrected chi connectivity index (χ0v) is 11.3. The number of ether oxygens (including phenoxy) is 1. The molecule has 106 valence electrons. The summed E-state index contributed by atoms with van der Waals surface area (Å²) in [4.78, 5) is 0. The lowest BCUT2D eigenvalue weighted by Gasteiger charge is -2.10. The maximum Gasteiger partial charge on any atom is 0.146 e. The highest BCUT2D eigenvalue weighted by Gasteiger charge is 2.17. The molecule has 1 aromatic heterocycles. The quantitative estimate of drug-likeness (QED) is 0.663. The smallest absolute Gasteiger partial charge is 0.146 e. The van der Waals surface area contributed by atoms with Gasteiger partial charge in [0.15, 0.2) is 0 Å². The first-order chi connectivity index (χ1) is 9.74. The minimum Gasteiger partial charge on any atom is -0.506 e. The molecule has 0 spiro atoms. The fourth-order valence-corrected chi connectivity index (χ4v) is 2.64. The zero-order valence-electron chi connectivity index (χ0n) is 11.3. The molecule has 2 aromatic rings. The van der Waals surface area contributed by atoms with Crippen LogP contribution in [0, 0.1) is 0 Å². The van der Waals surface area contributed by atoms with E-state index in [0.29, 0.717) is 18.4 Å². The Kier molecular flexibility index (Phi) is 3.50. The summed E-state index contributed by atoms with van der Waals surface area (Å²) >= 11 is 0. The van der Waals surface area contributed by atoms with Crippen molar-refractivity contribution in [2.45, 2.75) is 38.3 Å². The van der Waals surface area contributed by atoms with Gasteiger partial charge in [0.2, 0.25) is 0 Å². The number of aromatic nitrogens is 2. The largest absolute Gasteiger partial charge is 0.506 e. The first-order valence-corrected chi connectivity index (χ1v) is 6.98. The van der Waals surface area contributed by atoms with Crippen molar-refractivity contribution in [2.24, 2.45) is 0 Å². The fraction of sp³-hybridized carbons (Fsp3) is 0.400. The molecule has 0 atom stereocenters. The number of hydrogen-bond donors (Lipinski definition) is 2. The van der Waals surface area contributed by atoms with Gasteiger partial charge in [-0.3, -0.25) is 4.68 Å². The Labute approximate surface area is 118 Å². The summed E-state index contributed by atoms with van der Waals surface area (Å²) in [6.45, 7) is 0.355. The molecule has 1 aromatic carbocycles. The average Bonchev–Trinajstić information content (AvgIpc) is 3.10. The first-order valence-electron chi connectivity index (χ1n) is 6.98. The van der Waals surface area contributed by atoms with Gasteiger partial charge < -0.3 is 15.6 Å². The lowest BCUT2D eigenvalue weighted by molar-refractivity contribution is 0.298. The number of nitrogens with two attached hydrogens (primary N) is 1. The van der Waals surface area contributed by atoms with Gasteiger partial charge in [-0.05, 0) is 31.0 Å². The number of aromatic hydroxyl groups is 1. The fourth-order valence-electron chi connectivity index (χ4n) is 2.64. The number of anilines is 1. The highest BCUT2D eigenvalue weighted by atomic mass is 16.5. The van der Waals surface area contributed by atoms with Crippen molar-refractivity contribution in [1.29, 1.82) is 0 Å². The van der Waals surface area contributed by atoms with E-state index in [-0.39, 0.29) is 11.4 Å². The van der Waals surface area contributed by atoms with E-state index >= 15 is 0 Å². The van der Waals surface area contributed by atoms with Crippen LogP contribution in [0.5, 0.6) is 11.5 Å². The number of nitrogen functional groups attached to an aromatic ring is 1. The van der Waals surface area contributed by atoms with Crippen molar-refractivity contribution in [3.63, 3.8) is 0 Å². The van der Waals surface area contributed by atoms with Gasteiger partial charge in [-0.2, -0.15) is 5.10 Å². The van der Waals surface area contributed by atoms with Crippen LogP contribution < -0.4 is 10.5 Å². The molecule has 3 rings (SSSR count). The average molecular weight is 273 g/mol. The summed E-state index contributed by atoms with van der Waals surface area (Å²) in [7, 11) is 0. The number of phenols is 1. The van der Waals surface area contributed by atoms with E-state index in [2.05, 4.69) is 5.10 Å². The molecule has 1 saturated carbocycles. The third kappa shape index (κ3) is 2.57. The van der Waals surface area contributed by atoms with Crippen LogP contribution in [0.15, 0.2) is 30.5 Å². The molecule has 1 heterocycles. The van der Waals surface area contributed by atoms with Gasteiger partial charge >= 0.3 is 0 Å². The molecule has 0 aliphatic heterocycles. The number of nitrogens with zero attached hydrogens (tertiary/aromatic N) is 2. The Bertz CT molecular complexity index is 589. The molecule has 3 N–H and O–H groups in total. The van der Waals surface area contributed by atoms with Crippen LogP contribution in [-0.2, 0) is 6.61 Å². The van der Waals surface area contributed by atoms with E-state index in [1.807, 2.05) is 16.9 Å². The third-order valence-corrected chi connectivity index (χ3v) is 3.78. The van der Waals surface area contributed by atoms with Crippen molar-refractivity contribution < 1.29 is 9.84 Å². The van der Waals surface area contributed by atoms with Crippen molar-refractivity contribution in [3.05, 3.63) is 36.2 Å². The van der Waals surface area contributed by atoms with Gasteiger partial charge in [-0.1, -0.05) is 18.9 Å². The minimum absolute atomic E-state index is 0.0407. The van der Waals surface area contributed by atoms with Crippen molar-refractivity contribution in [2.75, 3.05) is 5.73 Å². The van der Waals surface area contributed by atoms with E-state index in [4.69, 9.17) is 10.5 Å². The van der Waals surface area contributed by atoms with Crippen molar-refractivity contribution in [3.8, 4) is 11.5 Å². The van der Waals surface area contributed by atoms with Crippen LogP contribution in [0.3, 0.4) is 0 Å². The monoisotopic (exact) mass is 273 g/mol. The lowest BCUT2D eigenvalue weighted by atomic mass is 10.3. The number of hydrogen-bond acceptors (Lipinski definition) is 4. The van der Waals surface area contributed by atoms with Gasteiger partial charge in [0, 0.05) is 6.20 Å². The highest BCUT2D eigenvalue weighted by molar-refractivity contribution is 5.61. The Hall–Kier alpha value is -2.17. The minimum atomic E-state index is 0.0407. The van der Waals surface area contributed by atoms with Crippen molar-refractivity contribution in [1.82, 2.24) is 9.78 Å². The van der Waals surface area contributed by atoms with E-state index < -0.39 is 0 Å². The first kappa shape index (κ1) is 12.8. The van der Waals surface area contributed by atoms with E-state index in [1.54, 1.807) is 12.1 Å². The Morgan fingerprint density at radius 3 is 2.90 bits per heavy atom. The van der Waals surface area contributed by atoms with Crippen LogP contribution in [0.4, 0.5) is 5.69 Å². The van der Waals surface area contributed by atoms with E-state index in [9.17, 15) is 5.11 Å². The second-order valence-electron chi connectivity index (χ2n) is 5.20. The van der Waals surface area contributed by atoms with E-state index in [0.717, 1.165) is 5.69 Å². The van der Waals surface area contributed by atoms with Crippen LogP contribution >= 0.6 is 0 Å². The number of rotatable bonds is 4. The molecule has 5 heteroatoms. The Balaban J connectivity index is 1.65. The SMILES string of the molecule is Nc1c(O)cccc1OCc1ccn(C2CCCC2)n1. The lowest BCUT2D eigenvalue weighted by Crippen LogP contribution is -2.06. The molecule has 0 unspecified atom stereocenters. The van der Waals surface area contributed by atoms with Crippen LogP contribution in [0.1, 0.15) is 37.4 Å². The zero-order chi connectivity index (χ0) is 13.9. The summed E-state index contributed by atoms with van der Waals surface area (Å²) < 4.78 is 7.66. The number of benzene rings is 1. The maximum absolute atomic E-state index is 9.52. The van der Waals surface area contributed by atoms with Gasteiger partial charge in [0.25, 0.3) is 0 Å². The highest BCUT2D eigenvalue weighted by Crippen LogP contribution is 2.31. The van der Waals surface area contributed by atoms with Crippen LogP contribution in [0.2, 0.25) is 0 Å². The topological polar surface area (TPSA) is 73.3 Å². The standard InChI is InChI=1S/C15H19N3O2/c16-15-13(19)6-3-7-14(15)20-10-11-8-9-18(17-11)12-4-1-2-5-12/h3,6-9,12,19H,1-2,4-5,10,16H2. The number of para-hydroxylation sites is 1. The summed E-state index contributed by atoms with van der Waals surface area (Å²) in [6.07, 6.45) is 7.01. The predicted octanol–water partition coefficient (Wildman–Crippen LogP) is 2.87. The van der Waals surface area contributed by atoms with Gasteiger partial charge in [-0.15, -0.1) is 0 Å². The van der Waals surface area contributed by atoms with Crippen LogP contribution in [-0.4, -0.2) is 14.9 Å². The molecule has 0 saturated heterocycles. The predicted molar refractivity (Wildman–Crippen MR) is 76.6 cm³/mol. The molecule has 0 bridgehead atoms. The molecule has 1 aliphatic rings. The molecule has 1 fully saturated rings. The van der Waals surface area contributed by atoms with Crippen LogP contribution in [0.25, 0.3) is 0 Å². The molecule has 5 nitrogen and oxygen atoms in total. The molecular formula is C15H19N3O2. The van der Waals surface area contributed by atoms with Gasteiger partial charge in [0.1, 0.15) is 23.8 Å². The molecule has 0 amide bonds. The second kappa shape index (κ2) is 5.45. The third-order valence-electron chi connectivity index (χ3n) is 3.78. The summed E-state index contributed by atoms with van der Waals surface area (Å²) in [5.41, 5.74) is 6.89. The maximum atomic E-state index is 9.52. The molecule has 1 aliphatic carbocycles. The Morgan fingerprint density at radius 1 is 1.30 bits per heavy atom.